The molecule has 2 aromatic heterocycles. The standard InChI is InChI=1S/C17H17ClN2O4S2/c1-8-7-9(2)15(21)10(3)13(8)16-12(5-6-25-16)26(22,23)20-17-14(18)11(4)19-24-17/h5-7,20-21H,1-4H3. The van der Waals surface area contributed by atoms with Crippen LogP contribution in [0.5, 0.6) is 5.75 Å². The molecule has 0 unspecified atom stereocenters. The number of benzene rings is 1. The highest BCUT2D eigenvalue weighted by Crippen LogP contribution is 2.41. The van der Waals surface area contributed by atoms with E-state index in [9.17, 15) is 13.5 Å². The van der Waals surface area contributed by atoms with Crippen LogP contribution >= 0.6 is 22.9 Å². The van der Waals surface area contributed by atoms with E-state index in [1.165, 1.54) is 17.4 Å². The maximum atomic E-state index is 12.9. The Morgan fingerprint density at radius 1 is 1.23 bits per heavy atom. The normalized spacial score (nSPS) is 11.7. The first-order valence-electron chi connectivity index (χ1n) is 7.65. The molecule has 138 valence electrons. The van der Waals surface area contributed by atoms with Gasteiger partial charge in [0, 0.05) is 5.56 Å². The second-order valence-corrected chi connectivity index (χ2v) is 8.93. The van der Waals surface area contributed by atoms with Gasteiger partial charge in [0.1, 0.15) is 21.4 Å². The summed E-state index contributed by atoms with van der Waals surface area (Å²) in [6.45, 7) is 7.07. The van der Waals surface area contributed by atoms with Crippen molar-refractivity contribution in [2.45, 2.75) is 32.6 Å². The van der Waals surface area contributed by atoms with Crippen molar-refractivity contribution in [2.75, 3.05) is 4.72 Å². The monoisotopic (exact) mass is 412 g/mol. The molecule has 0 atom stereocenters. The lowest BCUT2D eigenvalue weighted by molar-refractivity contribution is 0.430. The van der Waals surface area contributed by atoms with E-state index < -0.39 is 10.0 Å². The first-order chi connectivity index (χ1) is 12.1. The molecule has 3 aromatic rings. The number of hydrogen-bond donors (Lipinski definition) is 2. The van der Waals surface area contributed by atoms with Crippen molar-refractivity contribution < 1.29 is 18.0 Å². The van der Waals surface area contributed by atoms with E-state index in [1.807, 2.05) is 13.0 Å². The van der Waals surface area contributed by atoms with E-state index in [4.69, 9.17) is 16.1 Å². The molecule has 0 aliphatic heterocycles. The van der Waals surface area contributed by atoms with Gasteiger partial charge < -0.3 is 9.63 Å². The number of phenolic OH excluding ortho intramolecular Hbond substituents is 1. The average molecular weight is 413 g/mol. The van der Waals surface area contributed by atoms with Crippen LogP contribution in [0.2, 0.25) is 5.02 Å². The molecule has 6 nitrogen and oxygen atoms in total. The lowest BCUT2D eigenvalue weighted by Crippen LogP contribution is -2.13. The van der Waals surface area contributed by atoms with Crippen LogP contribution in [0.1, 0.15) is 22.4 Å². The minimum Gasteiger partial charge on any atom is -0.507 e. The van der Waals surface area contributed by atoms with E-state index in [2.05, 4.69) is 9.88 Å². The number of aryl methyl sites for hydroxylation is 3. The van der Waals surface area contributed by atoms with Gasteiger partial charge in [0.05, 0.1) is 4.88 Å². The lowest BCUT2D eigenvalue weighted by Gasteiger charge is -2.14. The Kier molecular flexibility index (Phi) is 4.76. The average Bonchev–Trinajstić information content (AvgIpc) is 3.16. The number of aromatic nitrogens is 1. The first kappa shape index (κ1) is 18.8. The number of sulfonamides is 1. The van der Waals surface area contributed by atoms with Crippen LogP contribution < -0.4 is 4.72 Å². The van der Waals surface area contributed by atoms with E-state index in [0.29, 0.717) is 21.7 Å². The van der Waals surface area contributed by atoms with Crippen LogP contribution in [0.4, 0.5) is 5.88 Å². The maximum Gasteiger partial charge on any atom is 0.265 e. The first-order valence-corrected chi connectivity index (χ1v) is 10.4. The van der Waals surface area contributed by atoms with E-state index >= 15 is 0 Å². The number of rotatable bonds is 4. The molecule has 0 saturated carbocycles. The van der Waals surface area contributed by atoms with Crippen molar-refractivity contribution in [2.24, 2.45) is 0 Å². The van der Waals surface area contributed by atoms with Gasteiger partial charge in [0.25, 0.3) is 15.9 Å². The summed E-state index contributed by atoms with van der Waals surface area (Å²) in [4.78, 5) is 0.622. The molecule has 0 saturated heterocycles. The van der Waals surface area contributed by atoms with E-state index in [0.717, 1.165) is 11.1 Å². The van der Waals surface area contributed by atoms with Crippen molar-refractivity contribution in [3.63, 3.8) is 0 Å². The summed E-state index contributed by atoms with van der Waals surface area (Å²) in [6, 6.07) is 3.34. The zero-order valence-electron chi connectivity index (χ0n) is 14.5. The summed E-state index contributed by atoms with van der Waals surface area (Å²) in [7, 11) is -3.95. The van der Waals surface area contributed by atoms with Crippen LogP contribution in [-0.4, -0.2) is 18.7 Å². The minimum absolute atomic E-state index is 0.0853. The van der Waals surface area contributed by atoms with Crippen molar-refractivity contribution in [1.82, 2.24) is 5.16 Å². The predicted octanol–water partition coefficient (Wildman–Crippen LogP) is 4.80. The highest BCUT2D eigenvalue weighted by Gasteiger charge is 2.26. The van der Waals surface area contributed by atoms with Gasteiger partial charge in [-0.2, -0.15) is 0 Å². The number of halogens is 1. The SMILES string of the molecule is Cc1cc(C)c(-c2sccc2S(=O)(=O)Nc2onc(C)c2Cl)c(C)c1O. The number of phenols is 1. The topological polar surface area (TPSA) is 92.4 Å². The van der Waals surface area contributed by atoms with Gasteiger partial charge in [-0.3, -0.25) is 0 Å². The molecule has 0 amide bonds. The molecule has 3 rings (SSSR count). The Hall–Kier alpha value is -2.03. The third-order valence-electron chi connectivity index (χ3n) is 4.09. The highest BCUT2D eigenvalue weighted by atomic mass is 35.5. The third-order valence-corrected chi connectivity index (χ3v) is 6.97. The van der Waals surface area contributed by atoms with Crippen LogP contribution in [0, 0.1) is 27.7 Å². The fourth-order valence-electron chi connectivity index (χ4n) is 2.81. The Morgan fingerprint density at radius 3 is 2.54 bits per heavy atom. The van der Waals surface area contributed by atoms with Crippen molar-refractivity contribution in [1.29, 1.82) is 0 Å². The maximum absolute atomic E-state index is 12.9. The number of hydrogen-bond acceptors (Lipinski definition) is 6. The van der Waals surface area contributed by atoms with Crippen molar-refractivity contribution in [3.8, 4) is 16.2 Å². The summed E-state index contributed by atoms with van der Waals surface area (Å²) < 4.78 is 33.0. The molecular weight excluding hydrogens is 396 g/mol. The Balaban J connectivity index is 2.13. The predicted molar refractivity (Wildman–Crippen MR) is 103 cm³/mol. The number of anilines is 1. The summed E-state index contributed by atoms with van der Waals surface area (Å²) in [5.74, 6) is 0.0331. The molecule has 0 fully saturated rings. The molecule has 0 bridgehead atoms. The molecule has 26 heavy (non-hydrogen) atoms. The molecule has 9 heteroatoms. The van der Waals surface area contributed by atoms with Gasteiger partial charge in [-0.15, -0.1) is 11.3 Å². The summed E-state index contributed by atoms with van der Waals surface area (Å²) in [5, 5.41) is 15.7. The summed E-state index contributed by atoms with van der Waals surface area (Å²) in [6.07, 6.45) is 0. The van der Waals surface area contributed by atoms with Crippen LogP contribution in [0.25, 0.3) is 10.4 Å². The number of aromatic hydroxyl groups is 1. The second-order valence-electron chi connectivity index (χ2n) is 5.99. The van der Waals surface area contributed by atoms with Crippen LogP contribution in [-0.2, 0) is 10.0 Å². The molecular formula is C17H17ClN2O4S2. The number of nitrogens with zero attached hydrogens (tertiary/aromatic N) is 1. The lowest BCUT2D eigenvalue weighted by atomic mass is 9.97. The van der Waals surface area contributed by atoms with E-state index in [1.54, 1.807) is 26.2 Å². The van der Waals surface area contributed by atoms with Gasteiger partial charge in [0.2, 0.25) is 0 Å². The Labute approximate surface area is 160 Å². The largest absolute Gasteiger partial charge is 0.507 e. The highest BCUT2D eigenvalue weighted by molar-refractivity contribution is 7.93. The molecule has 0 aliphatic rings. The summed E-state index contributed by atoms with van der Waals surface area (Å²) in [5.41, 5.74) is 3.35. The molecule has 2 heterocycles. The fourth-order valence-corrected chi connectivity index (χ4v) is 5.59. The van der Waals surface area contributed by atoms with Gasteiger partial charge in [-0.05, 0) is 55.8 Å². The van der Waals surface area contributed by atoms with Gasteiger partial charge in [-0.1, -0.05) is 22.8 Å². The van der Waals surface area contributed by atoms with Crippen molar-refractivity contribution in [3.05, 3.63) is 44.9 Å². The quantitative estimate of drug-likeness (QED) is 0.642. The van der Waals surface area contributed by atoms with Crippen LogP contribution in [0.3, 0.4) is 0 Å². The number of thiophene rings is 1. The van der Waals surface area contributed by atoms with Gasteiger partial charge >= 0.3 is 0 Å². The smallest absolute Gasteiger partial charge is 0.265 e. The second kappa shape index (κ2) is 6.61. The molecule has 0 spiro atoms. The van der Waals surface area contributed by atoms with Crippen molar-refractivity contribution >= 4 is 38.8 Å². The van der Waals surface area contributed by atoms with Crippen LogP contribution in [0.15, 0.2) is 26.9 Å². The van der Waals surface area contributed by atoms with Gasteiger partial charge in [-0.25, -0.2) is 13.1 Å². The third kappa shape index (κ3) is 3.08. The Morgan fingerprint density at radius 2 is 1.92 bits per heavy atom. The molecule has 0 aliphatic carbocycles. The van der Waals surface area contributed by atoms with E-state index in [-0.39, 0.29) is 21.6 Å². The molecule has 1 aromatic carbocycles. The minimum atomic E-state index is -3.95. The Bertz CT molecular complexity index is 1100. The van der Waals surface area contributed by atoms with Gasteiger partial charge in [0.15, 0.2) is 0 Å². The molecule has 2 N–H and O–H groups in total. The number of nitrogens with one attached hydrogen (secondary N) is 1. The fraction of sp³-hybridized carbons (Fsp3) is 0.235. The zero-order chi connectivity index (χ0) is 19.2. The molecule has 0 radical (unpaired) electrons. The summed E-state index contributed by atoms with van der Waals surface area (Å²) >= 11 is 7.29. The zero-order valence-corrected chi connectivity index (χ0v) is 16.9.